The molecule has 4 heterocycles. The van der Waals surface area contributed by atoms with Crippen molar-refractivity contribution in [1.29, 1.82) is 0 Å². The number of likely N-dealkylation sites (tertiary alicyclic amines) is 1. The fourth-order valence-electron chi connectivity index (χ4n) is 6.54. The molecule has 3 aliphatic rings. The van der Waals surface area contributed by atoms with Crippen molar-refractivity contribution in [2.45, 2.75) is 56.7 Å². The molecule has 3 fully saturated rings. The molecule has 6 rings (SSSR count). The number of H-pyrrole nitrogens is 1. The number of ether oxygens (including phenoxy) is 1. The van der Waals surface area contributed by atoms with Crippen LogP contribution in [0.4, 0.5) is 8.78 Å². The summed E-state index contributed by atoms with van der Waals surface area (Å²) in [6.07, 6.45) is 1.65. The first kappa shape index (κ1) is 31.1. The summed E-state index contributed by atoms with van der Waals surface area (Å²) in [6, 6.07) is 9.02. The summed E-state index contributed by atoms with van der Waals surface area (Å²) in [5, 5.41) is 8.39. The molecule has 4 atom stereocenters. The van der Waals surface area contributed by atoms with Gasteiger partial charge in [-0.25, -0.2) is 8.78 Å². The first-order valence-electron chi connectivity index (χ1n) is 15.2. The second kappa shape index (κ2) is 12.1. The number of pyridine rings is 1. The number of benzene rings is 1. The highest BCUT2D eigenvalue weighted by atomic mass is 19.3. The van der Waals surface area contributed by atoms with E-state index in [0.717, 1.165) is 4.90 Å². The highest BCUT2D eigenvalue weighted by Crippen LogP contribution is 2.66. The van der Waals surface area contributed by atoms with Crippen LogP contribution in [0.15, 0.2) is 48.7 Å². The molecule has 1 spiro atoms. The Bertz CT molecular complexity index is 1700. The number of carbonyl (C=O) groups is 5. The van der Waals surface area contributed by atoms with Crippen LogP contribution in [0.25, 0.3) is 10.9 Å². The van der Waals surface area contributed by atoms with Crippen LogP contribution in [-0.4, -0.2) is 82.5 Å². The molecule has 2 aromatic heterocycles. The molecule has 2 saturated heterocycles. The molecule has 1 saturated carbocycles. The van der Waals surface area contributed by atoms with E-state index in [-0.39, 0.29) is 37.5 Å². The second-order valence-corrected chi connectivity index (χ2v) is 12.2. The minimum absolute atomic E-state index is 0.0478. The zero-order valence-corrected chi connectivity index (χ0v) is 25.1. The monoisotopic (exact) mass is 636 g/mol. The van der Waals surface area contributed by atoms with E-state index in [1.807, 2.05) is 0 Å². The maximum atomic E-state index is 14.7. The van der Waals surface area contributed by atoms with Crippen LogP contribution in [0, 0.1) is 11.3 Å². The van der Waals surface area contributed by atoms with Crippen molar-refractivity contribution in [3.63, 3.8) is 0 Å². The number of nitrogens with one attached hydrogen (secondary N) is 4. The number of nitrogens with zero attached hydrogens (tertiary/aromatic N) is 2. The van der Waals surface area contributed by atoms with Gasteiger partial charge in [-0.05, 0) is 56.0 Å². The first-order valence-corrected chi connectivity index (χ1v) is 15.2. The summed E-state index contributed by atoms with van der Waals surface area (Å²) in [5.41, 5.74) is -0.403. The van der Waals surface area contributed by atoms with Crippen molar-refractivity contribution in [2.75, 3.05) is 20.2 Å². The molecule has 46 heavy (non-hydrogen) atoms. The van der Waals surface area contributed by atoms with Crippen molar-refractivity contribution >= 4 is 40.3 Å². The molecule has 0 radical (unpaired) electrons. The van der Waals surface area contributed by atoms with Gasteiger partial charge in [0.05, 0.1) is 30.8 Å². The summed E-state index contributed by atoms with van der Waals surface area (Å²) in [6.45, 7) is 0.0609. The zero-order chi connectivity index (χ0) is 32.6. The van der Waals surface area contributed by atoms with E-state index in [0.29, 0.717) is 41.7 Å². The Hall–Kier alpha value is -4.88. The van der Waals surface area contributed by atoms with Crippen molar-refractivity contribution in [1.82, 2.24) is 30.8 Å². The van der Waals surface area contributed by atoms with Crippen LogP contribution in [0.2, 0.25) is 0 Å². The molecule has 14 heteroatoms. The van der Waals surface area contributed by atoms with Crippen LogP contribution in [-0.2, 0) is 25.7 Å². The molecule has 1 aliphatic carbocycles. The van der Waals surface area contributed by atoms with E-state index in [1.54, 1.807) is 42.5 Å². The molecule has 1 aromatic carbocycles. The van der Waals surface area contributed by atoms with Gasteiger partial charge >= 0.3 is 0 Å². The average Bonchev–Trinajstić information content (AvgIpc) is 3.38. The van der Waals surface area contributed by atoms with E-state index in [1.165, 1.54) is 13.3 Å². The smallest absolute Gasteiger partial charge is 0.289 e. The second-order valence-electron chi connectivity index (χ2n) is 12.2. The summed E-state index contributed by atoms with van der Waals surface area (Å²) in [7, 11) is 1.48. The van der Waals surface area contributed by atoms with Gasteiger partial charge in [0.25, 0.3) is 17.7 Å². The van der Waals surface area contributed by atoms with E-state index in [9.17, 15) is 32.8 Å². The number of carbonyl (C=O) groups excluding carboxylic acids is 5. The minimum atomic E-state index is -3.06. The maximum Gasteiger partial charge on any atom is 0.289 e. The normalized spacial score (nSPS) is 23.9. The number of piperidine rings is 1. The molecule has 12 nitrogen and oxygen atoms in total. The van der Waals surface area contributed by atoms with Crippen molar-refractivity contribution < 1.29 is 37.5 Å². The number of amides is 4. The number of Topliss-reactive ketones (excluding diaryl/α,β-unsaturated/α-hetero) is 1. The number of ketones is 1. The third-order valence-corrected chi connectivity index (χ3v) is 9.22. The van der Waals surface area contributed by atoms with Crippen LogP contribution in [0.1, 0.15) is 48.3 Å². The van der Waals surface area contributed by atoms with E-state index >= 15 is 0 Å². The maximum absolute atomic E-state index is 14.7. The van der Waals surface area contributed by atoms with Gasteiger partial charge in [0.2, 0.25) is 17.6 Å². The van der Waals surface area contributed by atoms with Gasteiger partial charge in [-0.2, -0.15) is 0 Å². The molecular formula is C32H34F2N6O6. The number of fused-ring (bicyclic) bond motifs is 1. The number of hydrogen-bond donors (Lipinski definition) is 4. The number of aromatic nitrogens is 2. The van der Waals surface area contributed by atoms with E-state index in [2.05, 4.69) is 25.9 Å². The van der Waals surface area contributed by atoms with Gasteiger partial charge in [0, 0.05) is 42.5 Å². The Morgan fingerprint density at radius 3 is 2.67 bits per heavy atom. The van der Waals surface area contributed by atoms with Crippen molar-refractivity contribution in [3.05, 3.63) is 60.0 Å². The van der Waals surface area contributed by atoms with Gasteiger partial charge in [-0.15, -0.1) is 0 Å². The number of methoxy groups -OCH3 is 1. The Balaban J connectivity index is 1.24. The van der Waals surface area contributed by atoms with Gasteiger partial charge in [0.15, 0.2) is 0 Å². The predicted molar refractivity (Wildman–Crippen MR) is 160 cm³/mol. The van der Waals surface area contributed by atoms with E-state index in [4.69, 9.17) is 4.74 Å². The minimum Gasteiger partial charge on any atom is -0.496 e. The fraction of sp³-hybridized carbons (Fsp3) is 0.438. The zero-order valence-electron chi connectivity index (χ0n) is 25.1. The summed E-state index contributed by atoms with van der Waals surface area (Å²) >= 11 is 0. The Morgan fingerprint density at radius 2 is 1.98 bits per heavy atom. The average molecular weight is 637 g/mol. The lowest BCUT2D eigenvalue weighted by molar-refractivity contribution is -0.141. The standard InChI is InChI=1S/C32H34F2N6O6/c1-46-25-9-4-8-21-20(25)13-23(38-21)30(45)40-17-31(16-32(31,33)34)14-24(40)28(43)39-22(12-18-6-5-11-36-27(18)42)26(41)29(44)37-15-19-7-2-3-10-35-19/h2-4,7-10,13,18,22,24,38H,5-6,11-12,14-17H2,1H3,(H,36,42)(H,37,44)(H,39,43)/t18-,22-,24-,31-/m0/s1. The van der Waals surface area contributed by atoms with Crippen molar-refractivity contribution in [3.8, 4) is 5.75 Å². The number of hydrogen-bond acceptors (Lipinski definition) is 7. The Morgan fingerprint density at radius 1 is 1.17 bits per heavy atom. The molecule has 4 N–H and O–H groups in total. The summed E-state index contributed by atoms with van der Waals surface area (Å²) in [5.74, 6) is -7.04. The number of halogens is 2. The van der Waals surface area contributed by atoms with Gasteiger partial charge in [0.1, 0.15) is 17.5 Å². The van der Waals surface area contributed by atoms with Gasteiger partial charge in [-0.3, -0.25) is 29.0 Å². The SMILES string of the molecule is COc1cccc2[nH]c(C(=O)N3C[C@]4(C[C@H]3C(=O)N[C@@H](C[C@@H]3CCCNC3=O)C(=O)C(=O)NCc3ccccn3)CC4(F)F)cc12. The Labute approximate surface area is 262 Å². The molecule has 0 unspecified atom stereocenters. The summed E-state index contributed by atoms with van der Waals surface area (Å²) in [4.78, 5) is 74.8. The predicted octanol–water partition coefficient (Wildman–Crippen LogP) is 2.10. The van der Waals surface area contributed by atoms with Crippen molar-refractivity contribution in [2.24, 2.45) is 11.3 Å². The summed E-state index contributed by atoms with van der Waals surface area (Å²) < 4.78 is 34.7. The van der Waals surface area contributed by atoms with Crippen LogP contribution in [0.3, 0.4) is 0 Å². The fourth-order valence-corrected chi connectivity index (χ4v) is 6.54. The van der Waals surface area contributed by atoms with Gasteiger partial charge in [-0.1, -0.05) is 12.1 Å². The molecular weight excluding hydrogens is 602 g/mol. The lowest BCUT2D eigenvalue weighted by Crippen LogP contribution is -2.54. The van der Waals surface area contributed by atoms with Crippen LogP contribution in [0.5, 0.6) is 5.75 Å². The first-order chi connectivity index (χ1) is 22.0. The third kappa shape index (κ3) is 5.90. The quantitative estimate of drug-likeness (QED) is 0.248. The van der Waals surface area contributed by atoms with E-state index < -0.39 is 59.3 Å². The molecule has 0 bridgehead atoms. The molecule has 2 aliphatic heterocycles. The molecule has 242 valence electrons. The number of alkyl halides is 2. The third-order valence-electron chi connectivity index (χ3n) is 9.22. The highest BCUT2D eigenvalue weighted by molar-refractivity contribution is 6.38. The molecule has 4 amide bonds. The largest absolute Gasteiger partial charge is 0.496 e. The lowest BCUT2D eigenvalue weighted by Gasteiger charge is -2.28. The number of rotatable bonds is 10. The van der Waals surface area contributed by atoms with Gasteiger partial charge < -0.3 is 30.6 Å². The number of aromatic amines is 1. The highest BCUT2D eigenvalue weighted by Gasteiger charge is 2.75. The van der Waals surface area contributed by atoms with Crippen LogP contribution < -0.4 is 20.7 Å². The topological polar surface area (TPSA) is 163 Å². The lowest BCUT2D eigenvalue weighted by atomic mass is 9.89. The Kier molecular flexibility index (Phi) is 8.21. The van der Waals surface area contributed by atoms with Crippen LogP contribution >= 0.6 is 0 Å². The molecule has 3 aromatic rings.